The van der Waals surface area contributed by atoms with Crippen LogP contribution in [0.1, 0.15) is 12.8 Å². The lowest BCUT2D eigenvalue weighted by Crippen LogP contribution is -2.35. The van der Waals surface area contributed by atoms with Gasteiger partial charge in [0.1, 0.15) is 11.5 Å². The van der Waals surface area contributed by atoms with Gasteiger partial charge in [-0.25, -0.2) is 0 Å². The maximum absolute atomic E-state index is 5.35. The van der Waals surface area contributed by atoms with Crippen LogP contribution in [0.5, 0.6) is 11.5 Å². The topological polar surface area (TPSA) is 42.5 Å². The summed E-state index contributed by atoms with van der Waals surface area (Å²) in [5.74, 6) is 1.71. The molecule has 2 rings (SSSR count). The van der Waals surface area contributed by atoms with Crippen molar-refractivity contribution >= 4 is 5.69 Å². The van der Waals surface area contributed by atoms with Gasteiger partial charge in [-0.1, -0.05) is 0 Å². The molecule has 0 aliphatic carbocycles. The van der Waals surface area contributed by atoms with Crippen LogP contribution in [0.25, 0.3) is 0 Å². The van der Waals surface area contributed by atoms with E-state index in [9.17, 15) is 0 Å². The zero-order valence-corrected chi connectivity index (χ0v) is 10.5. The highest BCUT2D eigenvalue weighted by Crippen LogP contribution is 2.30. The smallest absolute Gasteiger partial charge is 0.142 e. The average molecular weight is 236 g/mol. The zero-order valence-electron chi connectivity index (χ0n) is 10.5. The van der Waals surface area contributed by atoms with E-state index in [1.54, 1.807) is 14.2 Å². The molecule has 0 spiro atoms. The van der Waals surface area contributed by atoms with Crippen LogP contribution in [0.15, 0.2) is 18.2 Å². The van der Waals surface area contributed by atoms with Crippen LogP contribution in [0, 0.1) is 0 Å². The van der Waals surface area contributed by atoms with E-state index in [1.165, 1.54) is 0 Å². The van der Waals surface area contributed by atoms with Gasteiger partial charge >= 0.3 is 0 Å². The Kier molecular flexibility index (Phi) is 4.09. The highest BCUT2D eigenvalue weighted by Gasteiger charge is 2.14. The van der Waals surface area contributed by atoms with Gasteiger partial charge < -0.3 is 20.1 Å². The normalized spacial score (nSPS) is 16.6. The summed E-state index contributed by atoms with van der Waals surface area (Å²) in [6.07, 6.45) is 2.28. The molecule has 0 radical (unpaired) electrons. The number of benzene rings is 1. The lowest BCUT2D eigenvalue weighted by Gasteiger charge is -2.25. The molecule has 1 heterocycles. The van der Waals surface area contributed by atoms with Crippen LogP contribution in [0.2, 0.25) is 0 Å². The van der Waals surface area contributed by atoms with Gasteiger partial charge in [-0.05, 0) is 38.1 Å². The van der Waals surface area contributed by atoms with E-state index in [0.717, 1.165) is 43.1 Å². The van der Waals surface area contributed by atoms with Crippen molar-refractivity contribution in [3.63, 3.8) is 0 Å². The number of rotatable bonds is 4. The van der Waals surface area contributed by atoms with Gasteiger partial charge in [-0.15, -0.1) is 0 Å². The molecule has 1 aromatic rings. The third kappa shape index (κ3) is 3.03. The maximum Gasteiger partial charge on any atom is 0.142 e. The van der Waals surface area contributed by atoms with Crippen molar-refractivity contribution in [3.8, 4) is 11.5 Å². The van der Waals surface area contributed by atoms with Gasteiger partial charge in [-0.2, -0.15) is 0 Å². The third-order valence-electron chi connectivity index (χ3n) is 3.11. The molecule has 0 unspecified atom stereocenters. The Bertz CT molecular complexity index is 362. The molecule has 1 aliphatic heterocycles. The molecule has 1 fully saturated rings. The highest BCUT2D eigenvalue weighted by molar-refractivity contribution is 5.60. The summed E-state index contributed by atoms with van der Waals surface area (Å²) in [5, 5.41) is 6.89. The first-order valence-corrected chi connectivity index (χ1v) is 6.03. The van der Waals surface area contributed by atoms with E-state index in [2.05, 4.69) is 10.6 Å². The summed E-state index contributed by atoms with van der Waals surface area (Å²) < 4.78 is 10.6. The molecule has 1 saturated heterocycles. The number of ether oxygens (including phenoxy) is 2. The van der Waals surface area contributed by atoms with E-state index in [0.29, 0.717) is 6.04 Å². The predicted molar refractivity (Wildman–Crippen MR) is 69.1 cm³/mol. The van der Waals surface area contributed by atoms with Crippen LogP contribution in [0.3, 0.4) is 0 Å². The minimum Gasteiger partial charge on any atom is -0.497 e. The second kappa shape index (κ2) is 5.77. The monoisotopic (exact) mass is 236 g/mol. The number of nitrogens with one attached hydrogen (secondary N) is 2. The summed E-state index contributed by atoms with van der Waals surface area (Å²) in [5.41, 5.74) is 1.01. The van der Waals surface area contributed by atoms with Gasteiger partial charge in [-0.3, -0.25) is 0 Å². The molecule has 94 valence electrons. The number of hydrogen-bond donors (Lipinski definition) is 2. The fourth-order valence-corrected chi connectivity index (χ4v) is 2.11. The molecule has 0 bridgehead atoms. The first-order valence-electron chi connectivity index (χ1n) is 6.03. The Morgan fingerprint density at radius 2 is 1.94 bits per heavy atom. The second-order valence-electron chi connectivity index (χ2n) is 4.23. The van der Waals surface area contributed by atoms with Crippen molar-refractivity contribution in [1.29, 1.82) is 0 Å². The number of methoxy groups -OCH3 is 2. The van der Waals surface area contributed by atoms with Crippen molar-refractivity contribution in [2.75, 3.05) is 32.6 Å². The first-order chi connectivity index (χ1) is 8.33. The SMILES string of the molecule is COc1ccc(OC)c(NC2CCNCC2)c1. The number of hydrogen-bond acceptors (Lipinski definition) is 4. The van der Waals surface area contributed by atoms with Crippen molar-refractivity contribution in [1.82, 2.24) is 5.32 Å². The van der Waals surface area contributed by atoms with Gasteiger partial charge in [0.05, 0.1) is 19.9 Å². The highest BCUT2D eigenvalue weighted by atomic mass is 16.5. The second-order valence-corrected chi connectivity index (χ2v) is 4.23. The third-order valence-corrected chi connectivity index (χ3v) is 3.11. The molecule has 2 N–H and O–H groups in total. The molecule has 0 aromatic heterocycles. The quantitative estimate of drug-likeness (QED) is 0.837. The molecule has 1 aromatic carbocycles. The summed E-state index contributed by atoms with van der Waals surface area (Å²) in [4.78, 5) is 0. The minimum atomic E-state index is 0.511. The molecular weight excluding hydrogens is 216 g/mol. The van der Waals surface area contributed by atoms with Crippen molar-refractivity contribution in [2.24, 2.45) is 0 Å². The van der Waals surface area contributed by atoms with Crippen molar-refractivity contribution in [2.45, 2.75) is 18.9 Å². The van der Waals surface area contributed by atoms with Crippen molar-refractivity contribution < 1.29 is 9.47 Å². The van der Waals surface area contributed by atoms with Crippen LogP contribution < -0.4 is 20.1 Å². The molecular formula is C13H20N2O2. The largest absolute Gasteiger partial charge is 0.497 e. The van der Waals surface area contributed by atoms with Crippen molar-refractivity contribution in [3.05, 3.63) is 18.2 Å². The molecule has 4 heteroatoms. The summed E-state index contributed by atoms with van der Waals surface area (Å²) >= 11 is 0. The van der Waals surface area contributed by atoms with Gasteiger partial charge in [0.25, 0.3) is 0 Å². The molecule has 0 atom stereocenters. The van der Waals surface area contributed by atoms with E-state index in [1.807, 2.05) is 18.2 Å². The van der Waals surface area contributed by atoms with Gasteiger partial charge in [0.2, 0.25) is 0 Å². The van der Waals surface area contributed by atoms with E-state index < -0.39 is 0 Å². The van der Waals surface area contributed by atoms with Crippen LogP contribution in [-0.2, 0) is 0 Å². The Morgan fingerprint density at radius 3 is 2.59 bits per heavy atom. The van der Waals surface area contributed by atoms with E-state index >= 15 is 0 Å². The summed E-state index contributed by atoms with van der Waals surface area (Å²) in [6, 6.07) is 6.34. The van der Waals surface area contributed by atoms with E-state index in [4.69, 9.17) is 9.47 Å². The molecule has 17 heavy (non-hydrogen) atoms. The lowest BCUT2D eigenvalue weighted by atomic mass is 10.1. The Balaban J connectivity index is 2.11. The predicted octanol–water partition coefficient (Wildman–Crippen LogP) is 1.87. The molecule has 4 nitrogen and oxygen atoms in total. The van der Waals surface area contributed by atoms with E-state index in [-0.39, 0.29) is 0 Å². The lowest BCUT2D eigenvalue weighted by molar-refractivity contribution is 0.403. The fourth-order valence-electron chi connectivity index (χ4n) is 2.11. The number of piperidine rings is 1. The van der Waals surface area contributed by atoms with Gasteiger partial charge in [0, 0.05) is 12.1 Å². The summed E-state index contributed by atoms with van der Waals surface area (Å²) in [6.45, 7) is 2.15. The summed E-state index contributed by atoms with van der Waals surface area (Å²) in [7, 11) is 3.37. The Morgan fingerprint density at radius 1 is 1.18 bits per heavy atom. The minimum absolute atomic E-state index is 0.511. The maximum atomic E-state index is 5.35. The number of anilines is 1. The van der Waals surface area contributed by atoms with Gasteiger partial charge in [0.15, 0.2) is 0 Å². The zero-order chi connectivity index (χ0) is 12.1. The molecule has 0 amide bonds. The van der Waals surface area contributed by atoms with Crippen LogP contribution >= 0.6 is 0 Å². The fraction of sp³-hybridized carbons (Fsp3) is 0.538. The standard InChI is InChI=1S/C13H20N2O2/c1-16-11-3-4-13(17-2)12(9-11)15-10-5-7-14-8-6-10/h3-4,9-10,14-15H,5-8H2,1-2H3. The van der Waals surface area contributed by atoms with Crippen LogP contribution in [0.4, 0.5) is 5.69 Å². The molecule has 0 saturated carbocycles. The Labute approximate surface area is 102 Å². The average Bonchev–Trinajstić information content (AvgIpc) is 2.40. The van der Waals surface area contributed by atoms with Crippen LogP contribution in [-0.4, -0.2) is 33.4 Å². The first kappa shape index (κ1) is 12.0. The Hall–Kier alpha value is -1.42. The molecule has 1 aliphatic rings.